The van der Waals surface area contributed by atoms with Gasteiger partial charge in [0.1, 0.15) is 11.5 Å². The Labute approximate surface area is 139 Å². The maximum atomic E-state index is 5.52. The molecule has 0 bridgehead atoms. The molecule has 2 aromatic carbocycles. The SMILES string of the molecule is CCNC(c1ccc(I)cc1)c1cc(OC)ccc1OC. The van der Waals surface area contributed by atoms with Crippen molar-refractivity contribution in [3.8, 4) is 11.5 Å². The molecule has 0 aliphatic rings. The molecule has 0 saturated heterocycles. The largest absolute Gasteiger partial charge is 0.497 e. The second-order valence-electron chi connectivity index (χ2n) is 4.65. The molecular formula is C17H20INO2. The summed E-state index contributed by atoms with van der Waals surface area (Å²) in [6, 6.07) is 14.5. The Hall–Kier alpha value is -1.27. The van der Waals surface area contributed by atoms with E-state index in [1.807, 2.05) is 18.2 Å². The number of nitrogens with one attached hydrogen (secondary N) is 1. The first-order valence-corrected chi connectivity index (χ1v) is 7.98. The molecule has 0 radical (unpaired) electrons. The fourth-order valence-corrected chi connectivity index (χ4v) is 2.69. The predicted molar refractivity (Wildman–Crippen MR) is 94.2 cm³/mol. The first-order valence-electron chi connectivity index (χ1n) is 6.90. The summed E-state index contributed by atoms with van der Waals surface area (Å²) < 4.78 is 12.1. The van der Waals surface area contributed by atoms with Gasteiger partial charge in [0, 0.05) is 9.13 Å². The van der Waals surface area contributed by atoms with E-state index in [0.717, 1.165) is 23.6 Å². The average molecular weight is 397 g/mol. The van der Waals surface area contributed by atoms with E-state index in [1.54, 1.807) is 14.2 Å². The molecule has 112 valence electrons. The number of methoxy groups -OCH3 is 2. The standard InChI is InChI=1S/C17H20INO2/c1-4-19-17(12-5-7-13(18)8-6-12)15-11-14(20-2)9-10-16(15)21-3/h5-11,17,19H,4H2,1-3H3. The first kappa shape index (κ1) is 16.1. The van der Waals surface area contributed by atoms with E-state index < -0.39 is 0 Å². The van der Waals surface area contributed by atoms with Crippen LogP contribution in [-0.2, 0) is 0 Å². The van der Waals surface area contributed by atoms with Crippen molar-refractivity contribution in [2.75, 3.05) is 20.8 Å². The Bertz CT molecular complexity index is 584. The van der Waals surface area contributed by atoms with Crippen LogP contribution in [0.15, 0.2) is 42.5 Å². The quantitative estimate of drug-likeness (QED) is 0.748. The van der Waals surface area contributed by atoms with Gasteiger partial charge in [-0.3, -0.25) is 0 Å². The highest BCUT2D eigenvalue weighted by Gasteiger charge is 2.18. The molecule has 21 heavy (non-hydrogen) atoms. The lowest BCUT2D eigenvalue weighted by atomic mass is 9.97. The Morgan fingerprint density at radius 2 is 1.76 bits per heavy atom. The first-order chi connectivity index (χ1) is 10.2. The Balaban J connectivity index is 2.48. The van der Waals surface area contributed by atoms with Gasteiger partial charge in [-0.15, -0.1) is 0 Å². The van der Waals surface area contributed by atoms with Gasteiger partial charge in [0.05, 0.1) is 20.3 Å². The molecule has 0 spiro atoms. The van der Waals surface area contributed by atoms with E-state index >= 15 is 0 Å². The summed E-state index contributed by atoms with van der Waals surface area (Å²) in [6.45, 7) is 2.98. The molecule has 2 rings (SSSR count). The maximum Gasteiger partial charge on any atom is 0.124 e. The minimum atomic E-state index is 0.0806. The molecular weight excluding hydrogens is 377 g/mol. The van der Waals surface area contributed by atoms with Crippen LogP contribution >= 0.6 is 22.6 Å². The lowest BCUT2D eigenvalue weighted by molar-refractivity contribution is 0.394. The molecule has 0 amide bonds. The minimum Gasteiger partial charge on any atom is -0.497 e. The van der Waals surface area contributed by atoms with Gasteiger partial charge in [-0.25, -0.2) is 0 Å². The van der Waals surface area contributed by atoms with E-state index in [4.69, 9.17) is 9.47 Å². The van der Waals surface area contributed by atoms with Crippen LogP contribution < -0.4 is 14.8 Å². The Kier molecular flexibility index (Phi) is 5.87. The summed E-state index contributed by atoms with van der Waals surface area (Å²) in [5, 5.41) is 3.52. The summed E-state index contributed by atoms with van der Waals surface area (Å²) in [5.74, 6) is 1.69. The molecule has 0 saturated carbocycles. The zero-order valence-electron chi connectivity index (χ0n) is 12.5. The molecule has 0 heterocycles. The molecule has 0 aliphatic heterocycles. The van der Waals surface area contributed by atoms with Crippen molar-refractivity contribution in [3.63, 3.8) is 0 Å². The summed E-state index contributed by atoms with van der Waals surface area (Å²) in [4.78, 5) is 0. The third-order valence-corrected chi connectivity index (χ3v) is 4.08. The van der Waals surface area contributed by atoms with E-state index in [9.17, 15) is 0 Å². The molecule has 0 fully saturated rings. The number of halogens is 1. The van der Waals surface area contributed by atoms with Crippen molar-refractivity contribution in [2.24, 2.45) is 0 Å². The van der Waals surface area contributed by atoms with Crippen LogP contribution in [0.1, 0.15) is 24.1 Å². The molecule has 0 aromatic heterocycles. The molecule has 1 unspecified atom stereocenters. The summed E-state index contributed by atoms with van der Waals surface area (Å²) in [5.41, 5.74) is 2.30. The van der Waals surface area contributed by atoms with Gasteiger partial charge in [0.2, 0.25) is 0 Å². The minimum absolute atomic E-state index is 0.0806. The van der Waals surface area contributed by atoms with Crippen molar-refractivity contribution in [3.05, 3.63) is 57.2 Å². The topological polar surface area (TPSA) is 30.5 Å². The van der Waals surface area contributed by atoms with Crippen molar-refractivity contribution in [1.82, 2.24) is 5.32 Å². The highest BCUT2D eigenvalue weighted by atomic mass is 127. The van der Waals surface area contributed by atoms with Gasteiger partial charge < -0.3 is 14.8 Å². The fraction of sp³-hybridized carbons (Fsp3) is 0.294. The van der Waals surface area contributed by atoms with Crippen molar-refractivity contribution in [2.45, 2.75) is 13.0 Å². The average Bonchev–Trinajstić information content (AvgIpc) is 2.53. The van der Waals surface area contributed by atoms with E-state index in [-0.39, 0.29) is 6.04 Å². The zero-order chi connectivity index (χ0) is 15.2. The lowest BCUT2D eigenvalue weighted by Gasteiger charge is -2.22. The molecule has 3 nitrogen and oxygen atoms in total. The zero-order valence-corrected chi connectivity index (χ0v) is 14.7. The third-order valence-electron chi connectivity index (χ3n) is 3.36. The smallest absolute Gasteiger partial charge is 0.124 e. The molecule has 2 aromatic rings. The van der Waals surface area contributed by atoms with Crippen molar-refractivity contribution >= 4 is 22.6 Å². The summed E-state index contributed by atoms with van der Waals surface area (Å²) >= 11 is 2.32. The summed E-state index contributed by atoms with van der Waals surface area (Å²) in [7, 11) is 3.38. The highest BCUT2D eigenvalue weighted by Crippen LogP contribution is 2.33. The van der Waals surface area contributed by atoms with E-state index in [1.165, 1.54) is 9.13 Å². The van der Waals surface area contributed by atoms with Gasteiger partial charge in [0.15, 0.2) is 0 Å². The summed E-state index contributed by atoms with van der Waals surface area (Å²) in [6.07, 6.45) is 0. The van der Waals surface area contributed by atoms with Gasteiger partial charge >= 0.3 is 0 Å². The van der Waals surface area contributed by atoms with Crippen molar-refractivity contribution < 1.29 is 9.47 Å². The Morgan fingerprint density at radius 1 is 1.05 bits per heavy atom. The monoisotopic (exact) mass is 397 g/mol. The molecule has 1 N–H and O–H groups in total. The molecule has 1 atom stereocenters. The second kappa shape index (κ2) is 7.66. The second-order valence-corrected chi connectivity index (χ2v) is 5.90. The Morgan fingerprint density at radius 3 is 2.33 bits per heavy atom. The fourth-order valence-electron chi connectivity index (χ4n) is 2.33. The lowest BCUT2D eigenvalue weighted by Crippen LogP contribution is -2.22. The van der Waals surface area contributed by atoms with Crippen LogP contribution in [-0.4, -0.2) is 20.8 Å². The van der Waals surface area contributed by atoms with E-state index in [2.05, 4.69) is 59.1 Å². The normalized spacial score (nSPS) is 12.0. The van der Waals surface area contributed by atoms with Crippen LogP contribution in [0.5, 0.6) is 11.5 Å². The number of rotatable bonds is 6. The van der Waals surface area contributed by atoms with Crippen LogP contribution in [0.3, 0.4) is 0 Å². The predicted octanol–water partition coefficient (Wildman–Crippen LogP) is 4.01. The highest BCUT2D eigenvalue weighted by molar-refractivity contribution is 14.1. The molecule has 0 aliphatic carbocycles. The van der Waals surface area contributed by atoms with Gasteiger partial charge in [-0.05, 0) is 65.0 Å². The number of benzene rings is 2. The van der Waals surface area contributed by atoms with Crippen molar-refractivity contribution in [1.29, 1.82) is 0 Å². The third kappa shape index (κ3) is 3.89. The van der Waals surface area contributed by atoms with Gasteiger partial charge in [-0.2, -0.15) is 0 Å². The molecule has 4 heteroatoms. The van der Waals surface area contributed by atoms with E-state index in [0.29, 0.717) is 0 Å². The maximum absolute atomic E-state index is 5.52. The van der Waals surface area contributed by atoms with Gasteiger partial charge in [0.25, 0.3) is 0 Å². The van der Waals surface area contributed by atoms with Crippen LogP contribution in [0.25, 0.3) is 0 Å². The van der Waals surface area contributed by atoms with Crippen LogP contribution in [0.4, 0.5) is 0 Å². The number of hydrogen-bond donors (Lipinski definition) is 1. The number of hydrogen-bond acceptors (Lipinski definition) is 3. The van der Waals surface area contributed by atoms with Crippen LogP contribution in [0.2, 0.25) is 0 Å². The number of ether oxygens (including phenoxy) is 2. The van der Waals surface area contributed by atoms with Gasteiger partial charge in [-0.1, -0.05) is 19.1 Å². The van der Waals surface area contributed by atoms with Crippen LogP contribution in [0, 0.1) is 3.57 Å².